The lowest BCUT2D eigenvalue weighted by atomic mass is 9.66. The van der Waals surface area contributed by atoms with Gasteiger partial charge in [-0.05, 0) is 96.9 Å². The third-order valence-electron chi connectivity index (χ3n) is 12.7. The van der Waals surface area contributed by atoms with Crippen LogP contribution in [0.2, 0.25) is 0 Å². The third kappa shape index (κ3) is 6.68. The van der Waals surface area contributed by atoms with E-state index in [-0.39, 0.29) is 53.7 Å². The molecule has 0 spiro atoms. The number of hydrogen-bond acceptors (Lipinski definition) is 9. The van der Waals surface area contributed by atoms with Gasteiger partial charge in [0, 0.05) is 43.6 Å². The number of nitrogens with zero attached hydrogens (tertiary/aromatic N) is 3. The average Bonchev–Trinajstić information content (AvgIpc) is 3.34. The van der Waals surface area contributed by atoms with Gasteiger partial charge in [-0.15, -0.1) is 0 Å². The number of morpholine rings is 2. The van der Waals surface area contributed by atoms with Crippen LogP contribution < -0.4 is 10.6 Å². The molecule has 3 heterocycles. The Morgan fingerprint density at radius 2 is 1.79 bits per heavy atom. The van der Waals surface area contributed by atoms with E-state index in [1.807, 2.05) is 20.3 Å². The van der Waals surface area contributed by atoms with Crippen LogP contribution in [0.15, 0.2) is 11.8 Å². The van der Waals surface area contributed by atoms with Crippen molar-refractivity contribution in [3.63, 3.8) is 0 Å². The van der Waals surface area contributed by atoms with Gasteiger partial charge in [0.2, 0.25) is 0 Å². The second-order valence-electron chi connectivity index (χ2n) is 15.7. The van der Waals surface area contributed by atoms with Crippen molar-refractivity contribution in [2.24, 2.45) is 29.6 Å². The monoisotopic (exact) mass is 657 g/mol. The first-order chi connectivity index (χ1) is 22.8. The minimum atomic E-state index is -1.27. The number of alkyl halides is 1. The first kappa shape index (κ1) is 33.6. The molecule has 1 amide bonds. The van der Waals surface area contributed by atoms with E-state index in [0.29, 0.717) is 37.1 Å². The smallest absolute Gasteiger partial charge is 0.256 e. The Balaban J connectivity index is 1.11. The van der Waals surface area contributed by atoms with E-state index < -0.39 is 24.2 Å². The third-order valence-corrected chi connectivity index (χ3v) is 12.7. The van der Waals surface area contributed by atoms with Crippen LogP contribution in [0.4, 0.5) is 4.39 Å². The van der Waals surface area contributed by atoms with E-state index in [1.165, 1.54) is 6.42 Å². The zero-order valence-corrected chi connectivity index (χ0v) is 28.4. The highest BCUT2D eigenvalue weighted by Gasteiger charge is 2.62. The minimum absolute atomic E-state index is 0.00160. The summed E-state index contributed by atoms with van der Waals surface area (Å²) in [6, 6.07) is -0.889. The molecule has 6 fully saturated rings. The normalized spacial score (nSPS) is 40.0. The van der Waals surface area contributed by atoms with Crippen molar-refractivity contribution in [2.45, 2.75) is 101 Å². The highest BCUT2D eigenvalue weighted by Crippen LogP contribution is 2.55. The van der Waals surface area contributed by atoms with E-state index in [2.05, 4.69) is 25.3 Å². The lowest BCUT2D eigenvalue weighted by Crippen LogP contribution is -2.73. The zero-order chi connectivity index (χ0) is 32.7. The molecule has 2 N–H and O–H groups in total. The maximum Gasteiger partial charge on any atom is 0.256 e. The van der Waals surface area contributed by atoms with Crippen molar-refractivity contribution in [3.8, 4) is 0 Å². The fraction of sp³-hybridized carbons (Fsp3) is 0.861. The molecule has 3 aliphatic heterocycles. The fourth-order valence-electron chi connectivity index (χ4n) is 10.4. The maximum atomic E-state index is 16.2. The number of nitrogens with one attached hydrogen (secondary N) is 2. The lowest BCUT2D eigenvalue weighted by Gasteiger charge is -2.60. The molecular weight excluding hydrogens is 601 g/mol. The molecule has 0 radical (unpaired) electrons. The largest absolute Gasteiger partial charge is 0.379 e. The Bertz CT molecular complexity index is 1190. The molecule has 10 nitrogen and oxygen atoms in total. The summed E-state index contributed by atoms with van der Waals surface area (Å²) in [6.45, 7) is 6.38. The summed E-state index contributed by atoms with van der Waals surface area (Å²) in [6.07, 6.45) is 8.44. The molecular formula is C36H56FN5O5. The zero-order valence-electron chi connectivity index (χ0n) is 28.4. The molecule has 11 atom stereocenters. The topological polar surface area (TPSA) is 103 Å². The quantitative estimate of drug-likeness (QED) is 0.256. The first-order valence-corrected chi connectivity index (χ1v) is 18.6. The number of unbranched alkanes of at least 4 members (excludes halogenated alkanes) is 1. The van der Waals surface area contributed by atoms with Crippen molar-refractivity contribution >= 4 is 17.5 Å². The fourth-order valence-corrected chi connectivity index (χ4v) is 10.4. The Labute approximate surface area is 279 Å². The van der Waals surface area contributed by atoms with Gasteiger partial charge < -0.3 is 29.9 Å². The Hall–Kier alpha value is -1.92. The summed E-state index contributed by atoms with van der Waals surface area (Å²) in [5.74, 6) is 0.0950. The predicted octanol–water partition coefficient (Wildman–Crippen LogP) is 2.17. The molecule has 0 aromatic carbocycles. The van der Waals surface area contributed by atoms with Gasteiger partial charge in [0.25, 0.3) is 5.91 Å². The van der Waals surface area contributed by atoms with E-state index in [1.54, 1.807) is 0 Å². The molecule has 2 saturated heterocycles. The van der Waals surface area contributed by atoms with Gasteiger partial charge in [-0.2, -0.15) is 0 Å². The summed E-state index contributed by atoms with van der Waals surface area (Å²) in [5.41, 5.74) is 0.155. The number of halogens is 1. The van der Waals surface area contributed by atoms with Gasteiger partial charge >= 0.3 is 0 Å². The Kier molecular flexibility index (Phi) is 10.4. The average molecular weight is 658 g/mol. The summed E-state index contributed by atoms with van der Waals surface area (Å²) in [5, 5.41) is 6.51. The van der Waals surface area contributed by atoms with E-state index in [4.69, 9.17) is 9.47 Å². The summed E-state index contributed by atoms with van der Waals surface area (Å²) in [4.78, 5) is 48.0. The molecule has 7 aliphatic rings. The van der Waals surface area contributed by atoms with Gasteiger partial charge in [0.05, 0.1) is 49.1 Å². The molecule has 0 aromatic heterocycles. The number of amides is 1. The van der Waals surface area contributed by atoms with Crippen LogP contribution in [-0.2, 0) is 23.9 Å². The highest BCUT2D eigenvalue weighted by molar-refractivity contribution is 6.20. The van der Waals surface area contributed by atoms with Crippen molar-refractivity contribution in [1.29, 1.82) is 0 Å². The second kappa shape index (κ2) is 14.5. The van der Waals surface area contributed by atoms with Crippen LogP contribution in [0, 0.1) is 29.6 Å². The molecule has 4 saturated carbocycles. The second-order valence-corrected chi connectivity index (χ2v) is 15.7. The van der Waals surface area contributed by atoms with Crippen LogP contribution in [-0.4, -0.2) is 135 Å². The number of ether oxygens (including phenoxy) is 2. The van der Waals surface area contributed by atoms with Crippen LogP contribution >= 0.6 is 0 Å². The number of carbonyl (C=O) groups excluding carboxylic acids is 3. The van der Waals surface area contributed by atoms with Gasteiger partial charge in [-0.25, -0.2) is 4.39 Å². The predicted molar refractivity (Wildman–Crippen MR) is 175 cm³/mol. The van der Waals surface area contributed by atoms with Crippen molar-refractivity contribution in [2.75, 3.05) is 66.6 Å². The molecule has 11 unspecified atom stereocenters. The summed E-state index contributed by atoms with van der Waals surface area (Å²) >= 11 is 0. The lowest BCUT2D eigenvalue weighted by molar-refractivity contribution is -0.206. The molecule has 11 heteroatoms. The number of hydrogen-bond donors (Lipinski definition) is 2. The van der Waals surface area contributed by atoms with Crippen molar-refractivity contribution in [1.82, 2.24) is 25.3 Å². The molecule has 0 bridgehead atoms. The summed E-state index contributed by atoms with van der Waals surface area (Å²) < 4.78 is 28.6. The molecule has 4 aliphatic carbocycles. The van der Waals surface area contributed by atoms with Gasteiger partial charge in [0.1, 0.15) is 12.0 Å². The molecule has 262 valence electrons. The van der Waals surface area contributed by atoms with Crippen LogP contribution in [0.25, 0.3) is 0 Å². The van der Waals surface area contributed by atoms with Crippen LogP contribution in [0.5, 0.6) is 0 Å². The van der Waals surface area contributed by atoms with Crippen LogP contribution in [0.3, 0.4) is 0 Å². The number of rotatable bonds is 11. The molecule has 7 rings (SSSR count). The van der Waals surface area contributed by atoms with Gasteiger partial charge in [-0.1, -0.05) is 12.8 Å². The Morgan fingerprint density at radius 3 is 2.60 bits per heavy atom. The maximum absolute atomic E-state index is 16.2. The van der Waals surface area contributed by atoms with Crippen LogP contribution in [0.1, 0.15) is 64.2 Å². The number of ketones is 2. The van der Waals surface area contributed by atoms with Gasteiger partial charge in [0.15, 0.2) is 5.78 Å². The van der Waals surface area contributed by atoms with Crippen molar-refractivity contribution < 1.29 is 28.2 Å². The van der Waals surface area contributed by atoms with Gasteiger partial charge in [-0.3, -0.25) is 19.3 Å². The molecule has 0 aromatic rings. The van der Waals surface area contributed by atoms with E-state index >= 15 is 4.39 Å². The summed E-state index contributed by atoms with van der Waals surface area (Å²) in [7, 11) is 4.06. The number of Topliss-reactive ketones (excluding diaryl/α,β-unsaturated/α-hetero) is 2. The first-order valence-electron chi connectivity index (χ1n) is 18.6. The standard InChI is InChI=1S/C36H56FN5O5/c1-40(2)12-6-5-10-39-36(45)27-21-42-29-19-24-22-8-3-4-9-23(22)33(43)25(24)20-30(29)47-35-31(28(37)18-26(32(35)42)34(27)44)38-11-7-13-41-14-16-46-17-15-41/h21-26,28-32,35,38H,3-20H2,1-2H3,(H,39,45). The number of carbonyl (C=O) groups is 3. The molecule has 47 heavy (non-hydrogen) atoms. The minimum Gasteiger partial charge on any atom is -0.379 e. The Morgan fingerprint density at radius 1 is 0.979 bits per heavy atom. The van der Waals surface area contributed by atoms with E-state index in [9.17, 15) is 14.4 Å². The SMILES string of the molecule is CN(C)CCCCNC(=O)C1=CN2C3CC4C(CC3OC3C(NCCCN5CCOCC5)C(F)CC(C1=O)C32)C(=O)C1CCCCC14. The number of fused-ring (bicyclic) bond motifs is 5. The highest BCUT2D eigenvalue weighted by atomic mass is 19.1. The van der Waals surface area contributed by atoms with Crippen molar-refractivity contribution in [3.05, 3.63) is 11.8 Å². The van der Waals surface area contributed by atoms with E-state index in [0.717, 1.165) is 84.3 Å².